The molecule has 0 radical (unpaired) electrons. The van der Waals surface area contributed by atoms with Crippen LogP contribution in [0.15, 0.2) is 0 Å². The van der Waals surface area contributed by atoms with Crippen LogP contribution in [0.5, 0.6) is 0 Å². The highest BCUT2D eigenvalue weighted by Gasteiger charge is 2.17. The molecule has 1 fully saturated rings. The van der Waals surface area contributed by atoms with Crippen molar-refractivity contribution in [3.05, 3.63) is 0 Å². The van der Waals surface area contributed by atoms with Gasteiger partial charge in [-0.3, -0.25) is 4.90 Å². The molecule has 0 aliphatic carbocycles. The molecule has 0 atom stereocenters. The molecule has 0 N–H and O–H groups in total. The van der Waals surface area contributed by atoms with E-state index < -0.39 is 0 Å². The maximum Gasteiger partial charge on any atom is 0.0113 e. The van der Waals surface area contributed by atoms with Gasteiger partial charge in [0.05, 0.1) is 0 Å². The lowest BCUT2D eigenvalue weighted by atomic mass is 10.1. The SMILES string of the molecule is CCCCCCCCN1CCN(C(C)C)CC1. The van der Waals surface area contributed by atoms with Crippen molar-refractivity contribution in [2.24, 2.45) is 0 Å². The van der Waals surface area contributed by atoms with Crippen LogP contribution < -0.4 is 0 Å². The molecule has 1 aliphatic rings. The first-order valence-electron chi connectivity index (χ1n) is 7.70. The molecule has 0 saturated carbocycles. The lowest BCUT2D eigenvalue weighted by Gasteiger charge is -2.36. The van der Waals surface area contributed by atoms with E-state index in [9.17, 15) is 0 Å². The van der Waals surface area contributed by atoms with E-state index in [1.54, 1.807) is 0 Å². The van der Waals surface area contributed by atoms with Gasteiger partial charge in [-0.05, 0) is 26.8 Å². The van der Waals surface area contributed by atoms with Crippen LogP contribution in [0.3, 0.4) is 0 Å². The lowest BCUT2D eigenvalue weighted by Crippen LogP contribution is -2.48. The number of piperazine rings is 1. The van der Waals surface area contributed by atoms with Gasteiger partial charge >= 0.3 is 0 Å². The summed E-state index contributed by atoms with van der Waals surface area (Å²) in [5.74, 6) is 0. The van der Waals surface area contributed by atoms with E-state index in [0.717, 1.165) is 6.04 Å². The average molecular weight is 240 g/mol. The van der Waals surface area contributed by atoms with Crippen molar-refractivity contribution in [3.63, 3.8) is 0 Å². The minimum atomic E-state index is 0.728. The first-order chi connectivity index (χ1) is 8.24. The predicted octanol–water partition coefficient (Wildman–Crippen LogP) is 3.37. The van der Waals surface area contributed by atoms with E-state index >= 15 is 0 Å². The molecule has 17 heavy (non-hydrogen) atoms. The monoisotopic (exact) mass is 240 g/mol. The molecule has 2 nitrogen and oxygen atoms in total. The third-order valence-electron chi connectivity index (χ3n) is 3.97. The second-order valence-corrected chi connectivity index (χ2v) is 5.74. The van der Waals surface area contributed by atoms with Crippen molar-refractivity contribution in [3.8, 4) is 0 Å². The van der Waals surface area contributed by atoms with Crippen LogP contribution >= 0.6 is 0 Å². The molecule has 102 valence electrons. The fourth-order valence-corrected chi connectivity index (χ4v) is 2.62. The minimum absolute atomic E-state index is 0.728. The van der Waals surface area contributed by atoms with Crippen molar-refractivity contribution < 1.29 is 0 Å². The van der Waals surface area contributed by atoms with E-state index in [1.807, 2.05) is 0 Å². The van der Waals surface area contributed by atoms with E-state index in [4.69, 9.17) is 0 Å². The lowest BCUT2D eigenvalue weighted by molar-refractivity contribution is 0.107. The highest BCUT2D eigenvalue weighted by Crippen LogP contribution is 2.09. The van der Waals surface area contributed by atoms with E-state index in [-0.39, 0.29) is 0 Å². The summed E-state index contributed by atoms with van der Waals surface area (Å²) in [4.78, 5) is 5.25. The van der Waals surface area contributed by atoms with Crippen LogP contribution in [0.4, 0.5) is 0 Å². The second kappa shape index (κ2) is 8.93. The fourth-order valence-electron chi connectivity index (χ4n) is 2.62. The number of rotatable bonds is 8. The molecule has 1 saturated heterocycles. The zero-order valence-electron chi connectivity index (χ0n) is 12.2. The average Bonchev–Trinajstić information content (AvgIpc) is 2.34. The normalized spacial score (nSPS) is 19.1. The zero-order valence-corrected chi connectivity index (χ0v) is 12.2. The van der Waals surface area contributed by atoms with Crippen molar-refractivity contribution >= 4 is 0 Å². The zero-order chi connectivity index (χ0) is 12.5. The Morgan fingerprint density at radius 3 is 2.00 bits per heavy atom. The van der Waals surface area contributed by atoms with Gasteiger partial charge in [-0.15, -0.1) is 0 Å². The number of hydrogen-bond acceptors (Lipinski definition) is 2. The van der Waals surface area contributed by atoms with Gasteiger partial charge in [0, 0.05) is 32.2 Å². The first-order valence-corrected chi connectivity index (χ1v) is 7.70. The molecule has 2 heteroatoms. The minimum Gasteiger partial charge on any atom is -0.301 e. The van der Waals surface area contributed by atoms with E-state index in [2.05, 4.69) is 30.6 Å². The molecule has 0 amide bonds. The summed E-state index contributed by atoms with van der Waals surface area (Å²) in [6, 6.07) is 0.728. The highest BCUT2D eigenvalue weighted by molar-refractivity contribution is 4.73. The summed E-state index contributed by atoms with van der Waals surface area (Å²) in [6.07, 6.45) is 8.51. The van der Waals surface area contributed by atoms with Crippen LogP contribution in [0.2, 0.25) is 0 Å². The predicted molar refractivity (Wildman–Crippen MR) is 76.5 cm³/mol. The van der Waals surface area contributed by atoms with Crippen molar-refractivity contribution in [2.45, 2.75) is 65.3 Å². The molecule has 0 unspecified atom stereocenters. The number of nitrogens with zero attached hydrogens (tertiary/aromatic N) is 2. The molecule has 0 spiro atoms. The second-order valence-electron chi connectivity index (χ2n) is 5.74. The molecule has 1 rings (SSSR count). The van der Waals surface area contributed by atoms with Gasteiger partial charge in [0.15, 0.2) is 0 Å². The summed E-state index contributed by atoms with van der Waals surface area (Å²) in [7, 11) is 0. The standard InChI is InChI=1S/C15H32N2/c1-4-5-6-7-8-9-10-16-11-13-17(14-12-16)15(2)3/h15H,4-14H2,1-3H3. The summed E-state index contributed by atoms with van der Waals surface area (Å²) in [6.45, 7) is 13.3. The molecule has 0 aromatic heterocycles. The molecular weight excluding hydrogens is 208 g/mol. The Labute approximate surface area is 108 Å². The Bertz CT molecular complexity index is 172. The Morgan fingerprint density at radius 2 is 1.41 bits per heavy atom. The maximum atomic E-state index is 2.65. The number of hydrogen-bond donors (Lipinski definition) is 0. The third kappa shape index (κ3) is 6.42. The van der Waals surface area contributed by atoms with Gasteiger partial charge in [-0.25, -0.2) is 0 Å². The van der Waals surface area contributed by atoms with Crippen molar-refractivity contribution in [2.75, 3.05) is 32.7 Å². The molecule has 0 aromatic rings. The van der Waals surface area contributed by atoms with Crippen LogP contribution in [0.25, 0.3) is 0 Å². The van der Waals surface area contributed by atoms with Gasteiger partial charge in [0.1, 0.15) is 0 Å². The van der Waals surface area contributed by atoms with Crippen molar-refractivity contribution in [1.29, 1.82) is 0 Å². The largest absolute Gasteiger partial charge is 0.301 e. The van der Waals surface area contributed by atoms with Crippen LogP contribution in [-0.2, 0) is 0 Å². The molecule has 1 heterocycles. The summed E-state index contributed by atoms with van der Waals surface area (Å²) in [5.41, 5.74) is 0. The van der Waals surface area contributed by atoms with Gasteiger partial charge in [-0.1, -0.05) is 39.0 Å². The molecule has 0 aromatic carbocycles. The highest BCUT2D eigenvalue weighted by atomic mass is 15.3. The summed E-state index contributed by atoms with van der Waals surface area (Å²) in [5, 5.41) is 0. The summed E-state index contributed by atoms with van der Waals surface area (Å²) >= 11 is 0. The Morgan fingerprint density at radius 1 is 0.824 bits per heavy atom. The summed E-state index contributed by atoms with van der Waals surface area (Å²) < 4.78 is 0. The van der Waals surface area contributed by atoms with Gasteiger partial charge in [-0.2, -0.15) is 0 Å². The fraction of sp³-hybridized carbons (Fsp3) is 1.00. The van der Waals surface area contributed by atoms with Gasteiger partial charge in [0.25, 0.3) is 0 Å². The van der Waals surface area contributed by atoms with Gasteiger partial charge in [0.2, 0.25) is 0 Å². The van der Waals surface area contributed by atoms with Crippen LogP contribution in [0.1, 0.15) is 59.3 Å². The smallest absolute Gasteiger partial charge is 0.0113 e. The maximum absolute atomic E-state index is 2.65. The van der Waals surface area contributed by atoms with Crippen LogP contribution in [0, 0.1) is 0 Å². The molecule has 0 bridgehead atoms. The number of unbranched alkanes of at least 4 members (excludes halogenated alkanes) is 5. The van der Waals surface area contributed by atoms with Crippen LogP contribution in [-0.4, -0.2) is 48.6 Å². The Kier molecular flexibility index (Phi) is 7.87. The Hall–Kier alpha value is -0.0800. The van der Waals surface area contributed by atoms with E-state index in [0.29, 0.717) is 0 Å². The quantitative estimate of drug-likeness (QED) is 0.600. The first kappa shape index (κ1) is 15.0. The van der Waals surface area contributed by atoms with Crippen molar-refractivity contribution in [1.82, 2.24) is 9.80 Å². The topological polar surface area (TPSA) is 6.48 Å². The van der Waals surface area contributed by atoms with E-state index in [1.165, 1.54) is 71.2 Å². The van der Waals surface area contributed by atoms with Gasteiger partial charge < -0.3 is 4.90 Å². The molecular formula is C15H32N2. The molecule has 1 aliphatic heterocycles. The Balaban J connectivity index is 1.95. The third-order valence-corrected chi connectivity index (χ3v) is 3.97.